The molecule has 5 heteroatoms. The van der Waals surface area contributed by atoms with Gasteiger partial charge in [-0.2, -0.15) is 9.57 Å². The van der Waals surface area contributed by atoms with Gasteiger partial charge < -0.3 is 0 Å². The molecule has 102 valence electrons. The molecule has 0 aromatic carbocycles. The van der Waals surface area contributed by atoms with Crippen molar-refractivity contribution in [1.29, 1.82) is 5.26 Å². The van der Waals surface area contributed by atoms with Crippen molar-refractivity contribution < 1.29 is 8.42 Å². The molecule has 0 N–H and O–H groups in total. The average Bonchev–Trinajstić information content (AvgIpc) is 2.39. The van der Waals surface area contributed by atoms with Crippen LogP contribution in [0.2, 0.25) is 0 Å². The van der Waals surface area contributed by atoms with Crippen LogP contribution >= 0.6 is 0 Å². The van der Waals surface area contributed by atoms with Gasteiger partial charge >= 0.3 is 0 Å². The summed E-state index contributed by atoms with van der Waals surface area (Å²) in [6.45, 7) is 0.535. The Labute approximate surface area is 110 Å². The van der Waals surface area contributed by atoms with Gasteiger partial charge in [0.1, 0.15) is 6.04 Å². The van der Waals surface area contributed by atoms with Gasteiger partial charge in [-0.25, -0.2) is 8.42 Å². The summed E-state index contributed by atoms with van der Waals surface area (Å²) in [4.78, 5) is 0. The Morgan fingerprint density at radius 1 is 1.06 bits per heavy atom. The van der Waals surface area contributed by atoms with Crippen LogP contribution in [-0.4, -0.2) is 31.1 Å². The van der Waals surface area contributed by atoms with Crippen molar-refractivity contribution in [3.05, 3.63) is 0 Å². The fraction of sp³-hybridized carbons (Fsp3) is 0.923. The first-order valence-corrected chi connectivity index (χ1v) is 8.63. The van der Waals surface area contributed by atoms with E-state index in [0.717, 1.165) is 38.5 Å². The summed E-state index contributed by atoms with van der Waals surface area (Å²) in [6.07, 6.45) is 8.16. The van der Waals surface area contributed by atoms with E-state index < -0.39 is 16.1 Å². The highest BCUT2D eigenvalue weighted by atomic mass is 32.2. The van der Waals surface area contributed by atoms with Crippen molar-refractivity contribution in [2.24, 2.45) is 5.92 Å². The van der Waals surface area contributed by atoms with Crippen LogP contribution in [0.1, 0.15) is 51.4 Å². The molecule has 0 amide bonds. The molecule has 0 aromatic rings. The molecule has 2 aliphatic rings. The molecule has 18 heavy (non-hydrogen) atoms. The molecule has 2 fully saturated rings. The molecule has 0 bridgehead atoms. The molecule has 1 aliphatic heterocycles. The molecule has 4 nitrogen and oxygen atoms in total. The first kappa shape index (κ1) is 13.8. The van der Waals surface area contributed by atoms with Gasteiger partial charge in [0, 0.05) is 6.54 Å². The second kappa shape index (κ2) is 6.03. The molecule has 1 heterocycles. The van der Waals surface area contributed by atoms with Gasteiger partial charge in [0.05, 0.1) is 11.8 Å². The first-order chi connectivity index (χ1) is 8.63. The number of hydrogen-bond donors (Lipinski definition) is 0. The van der Waals surface area contributed by atoms with Crippen molar-refractivity contribution in [3.8, 4) is 6.07 Å². The normalized spacial score (nSPS) is 27.8. The van der Waals surface area contributed by atoms with E-state index in [1.807, 2.05) is 0 Å². The number of hydrogen-bond acceptors (Lipinski definition) is 3. The lowest BCUT2D eigenvalue weighted by molar-refractivity contribution is 0.291. The fourth-order valence-electron chi connectivity index (χ4n) is 3.11. The standard InChI is InChI=1S/C13H22N2O2S/c14-10-13-8-4-5-9-15(13)18(16,17)11-12-6-2-1-3-7-12/h12-13H,1-9,11H2/t13-/m0/s1. The third kappa shape index (κ3) is 3.24. The van der Waals surface area contributed by atoms with Crippen molar-refractivity contribution in [1.82, 2.24) is 4.31 Å². The zero-order valence-corrected chi connectivity index (χ0v) is 11.7. The number of piperidine rings is 1. The SMILES string of the molecule is N#C[C@@H]1CCCCN1S(=O)(=O)CC1CCCCC1. The Morgan fingerprint density at radius 3 is 2.39 bits per heavy atom. The van der Waals surface area contributed by atoms with Crippen LogP contribution in [-0.2, 0) is 10.0 Å². The van der Waals surface area contributed by atoms with Gasteiger partial charge in [-0.15, -0.1) is 0 Å². The second-order valence-corrected chi connectivity index (χ2v) is 7.50. The Morgan fingerprint density at radius 2 is 1.72 bits per heavy atom. The Kier molecular flexibility index (Phi) is 4.63. The molecule has 0 aromatic heterocycles. The lowest BCUT2D eigenvalue weighted by Gasteiger charge is -2.32. The van der Waals surface area contributed by atoms with Crippen LogP contribution in [0, 0.1) is 17.2 Å². The predicted octanol–water partition coefficient (Wildman–Crippen LogP) is 2.27. The second-order valence-electron chi connectivity index (χ2n) is 5.53. The van der Waals surface area contributed by atoms with Crippen molar-refractivity contribution in [2.75, 3.05) is 12.3 Å². The largest absolute Gasteiger partial charge is 0.215 e. The monoisotopic (exact) mass is 270 g/mol. The summed E-state index contributed by atoms with van der Waals surface area (Å²) in [7, 11) is -3.23. The highest BCUT2D eigenvalue weighted by molar-refractivity contribution is 7.89. The Balaban J connectivity index is 2.02. The van der Waals surface area contributed by atoms with E-state index >= 15 is 0 Å². The van der Waals surface area contributed by atoms with Crippen molar-refractivity contribution in [2.45, 2.75) is 57.4 Å². The third-order valence-electron chi connectivity index (χ3n) is 4.13. The lowest BCUT2D eigenvalue weighted by Crippen LogP contribution is -2.45. The highest BCUT2D eigenvalue weighted by Gasteiger charge is 2.34. The van der Waals surface area contributed by atoms with Crippen LogP contribution in [0.4, 0.5) is 0 Å². The van der Waals surface area contributed by atoms with E-state index in [0.29, 0.717) is 18.9 Å². The van der Waals surface area contributed by atoms with Crippen LogP contribution in [0.25, 0.3) is 0 Å². The molecule has 1 atom stereocenters. The topological polar surface area (TPSA) is 61.2 Å². The minimum atomic E-state index is -3.23. The summed E-state index contributed by atoms with van der Waals surface area (Å²) in [5.74, 6) is 0.565. The zero-order chi connectivity index (χ0) is 13.0. The maximum Gasteiger partial charge on any atom is 0.215 e. The first-order valence-electron chi connectivity index (χ1n) is 7.02. The van der Waals surface area contributed by atoms with Gasteiger partial charge in [0.2, 0.25) is 10.0 Å². The minimum absolute atomic E-state index is 0.255. The van der Waals surface area contributed by atoms with E-state index in [4.69, 9.17) is 5.26 Å². The summed E-state index contributed by atoms with van der Waals surface area (Å²) in [5.41, 5.74) is 0. The lowest BCUT2D eigenvalue weighted by atomic mass is 9.91. The summed E-state index contributed by atoms with van der Waals surface area (Å²) >= 11 is 0. The summed E-state index contributed by atoms with van der Waals surface area (Å²) in [6, 6.07) is 1.72. The van der Waals surface area contributed by atoms with Gasteiger partial charge in [0.25, 0.3) is 0 Å². The molecular formula is C13H22N2O2S. The van der Waals surface area contributed by atoms with Crippen LogP contribution < -0.4 is 0 Å². The number of nitrogens with zero attached hydrogens (tertiary/aromatic N) is 2. The highest BCUT2D eigenvalue weighted by Crippen LogP contribution is 2.28. The molecule has 0 radical (unpaired) electrons. The number of rotatable bonds is 3. The Bertz CT molecular complexity index is 407. The molecule has 0 unspecified atom stereocenters. The van der Waals surface area contributed by atoms with E-state index in [2.05, 4.69) is 6.07 Å². The molecule has 1 aliphatic carbocycles. The van der Waals surface area contributed by atoms with E-state index in [1.54, 1.807) is 0 Å². The quantitative estimate of drug-likeness (QED) is 0.790. The molecule has 1 saturated carbocycles. The predicted molar refractivity (Wildman–Crippen MR) is 70.3 cm³/mol. The zero-order valence-electron chi connectivity index (χ0n) is 10.8. The van der Waals surface area contributed by atoms with Gasteiger partial charge in [-0.1, -0.05) is 19.3 Å². The third-order valence-corrected chi connectivity index (χ3v) is 6.18. The minimum Gasteiger partial charge on any atom is -0.212 e. The Hall–Kier alpha value is -0.600. The van der Waals surface area contributed by atoms with E-state index in [-0.39, 0.29) is 5.75 Å². The summed E-state index contributed by atoms with van der Waals surface area (Å²) < 4.78 is 26.3. The van der Waals surface area contributed by atoms with E-state index in [9.17, 15) is 8.42 Å². The molecule has 1 saturated heterocycles. The van der Waals surface area contributed by atoms with Crippen molar-refractivity contribution in [3.63, 3.8) is 0 Å². The smallest absolute Gasteiger partial charge is 0.212 e. The van der Waals surface area contributed by atoms with E-state index in [1.165, 1.54) is 10.7 Å². The van der Waals surface area contributed by atoms with Crippen LogP contribution in [0.3, 0.4) is 0 Å². The van der Waals surface area contributed by atoms with Gasteiger partial charge in [0.15, 0.2) is 0 Å². The maximum atomic E-state index is 12.4. The van der Waals surface area contributed by atoms with Gasteiger partial charge in [-0.05, 0) is 38.0 Å². The summed E-state index contributed by atoms with van der Waals surface area (Å²) in [5, 5.41) is 9.07. The maximum absolute atomic E-state index is 12.4. The van der Waals surface area contributed by atoms with Gasteiger partial charge in [-0.3, -0.25) is 0 Å². The number of nitriles is 1. The molecule has 0 spiro atoms. The average molecular weight is 270 g/mol. The number of sulfonamides is 1. The van der Waals surface area contributed by atoms with Crippen LogP contribution in [0.5, 0.6) is 0 Å². The fourth-order valence-corrected chi connectivity index (χ4v) is 5.18. The van der Waals surface area contributed by atoms with Crippen LogP contribution in [0.15, 0.2) is 0 Å². The van der Waals surface area contributed by atoms with Crippen molar-refractivity contribution >= 4 is 10.0 Å². The molecule has 2 rings (SSSR count). The molecular weight excluding hydrogens is 248 g/mol.